The Bertz CT molecular complexity index is 115. The van der Waals surface area contributed by atoms with E-state index in [-0.39, 0.29) is 5.97 Å². The summed E-state index contributed by atoms with van der Waals surface area (Å²) in [5, 5.41) is 0. The van der Waals surface area contributed by atoms with Crippen LogP contribution in [0.2, 0.25) is 0 Å². The molecule has 0 aromatic carbocycles. The van der Waals surface area contributed by atoms with E-state index in [2.05, 4.69) is 13.8 Å². The molecule has 0 bridgehead atoms. The van der Waals surface area contributed by atoms with Gasteiger partial charge in [-0.25, -0.2) is 0 Å². The molecule has 0 radical (unpaired) electrons. The molecule has 1 atom stereocenters. The van der Waals surface area contributed by atoms with E-state index in [0.29, 0.717) is 17.0 Å². The molecule has 0 aliphatic heterocycles. The standard InChI is InChI=1S/C8H15IO2/c1-3-7(2)4-5-11-8(10)6-9/h7H,3-6H2,1-2H3. The van der Waals surface area contributed by atoms with Crippen LogP contribution in [0, 0.1) is 5.92 Å². The fraction of sp³-hybridized carbons (Fsp3) is 0.875. The van der Waals surface area contributed by atoms with Gasteiger partial charge >= 0.3 is 5.97 Å². The van der Waals surface area contributed by atoms with Gasteiger partial charge in [0.05, 0.1) is 11.0 Å². The van der Waals surface area contributed by atoms with Crippen LogP contribution in [0.5, 0.6) is 0 Å². The first-order valence-corrected chi connectivity index (χ1v) is 5.44. The summed E-state index contributed by atoms with van der Waals surface area (Å²) < 4.78 is 5.37. The van der Waals surface area contributed by atoms with Crippen molar-refractivity contribution in [3.05, 3.63) is 0 Å². The van der Waals surface area contributed by atoms with E-state index < -0.39 is 0 Å². The highest BCUT2D eigenvalue weighted by molar-refractivity contribution is 14.1. The van der Waals surface area contributed by atoms with Crippen LogP contribution in [-0.4, -0.2) is 17.0 Å². The molecule has 0 heterocycles. The lowest BCUT2D eigenvalue weighted by atomic mass is 10.1. The highest BCUT2D eigenvalue weighted by Crippen LogP contribution is 2.05. The van der Waals surface area contributed by atoms with Crippen molar-refractivity contribution in [3.8, 4) is 0 Å². The Balaban J connectivity index is 3.20. The van der Waals surface area contributed by atoms with Crippen LogP contribution in [0.4, 0.5) is 0 Å². The van der Waals surface area contributed by atoms with Crippen molar-refractivity contribution in [1.29, 1.82) is 0 Å². The van der Waals surface area contributed by atoms with Crippen LogP contribution in [-0.2, 0) is 9.53 Å². The van der Waals surface area contributed by atoms with Gasteiger partial charge < -0.3 is 4.74 Å². The van der Waals surface area contributed by atoms with Gasteiger partial charge in [0.15, 0.2) is 0 Å². The van der Waals surface area contributed by atoms with E-state index in [1.165, 1.54) is 0 Å². The third kappa shape index (κ3) is 6.59. The van der Waals surface area contributed by atoms with Gasteiger partial charge in [0.2, 0.25) is 0 Å². The first kappa shape index (κ1) is 11.2. The number of hydrogen-bond acceptors (Lipinski definition) is 2. The van der Waals surface area contributed by atoms with Gasteiger partial charge in [-0.3, -0.25) is 4.79 Å². The summed E-state index contributed by atoms with van der Waals surface area (Å²) in [6.07, 6.45) is 2.14. The predicted octanol–water partition coefficient (Wildman–Crippen LogP) is 2.40. The van der Waals surface area contributed by atoms with Crippen molar-refractivity contribution in [1.82, 2.24) is 0 Å². The average molecular weight is 270 g/mol. The highest BCUT2D eigenvalue weighted by Gasteiger charge is 2.01. The van der Waals surface area contributed by atoms with E-state index in [1.54, 1.807) is 0 Å². The fourth-order valence-corrected chi connectivity index (χ4v) is 0.837. The van der Waals surface area contributed by atoms with Crippen LogP contribution >= 0.6 is 22.6 Å². The maximum Gasteiger partial charge on any atom is 0.315 e. The largest absolute Gasteiger partial charge is 0.465 e. The van der Waals surface area contributed by atoms with E-state index in [1.807, 2.05) is 22.6 Å². The first-order valence-electron chi connectivity index (χ1n) is 3.92. The van der Waals surface area contributed by atoms with Crippen molar-refractivity contribution in [2.75, 3.05) is 11.0 Å². The molecule has 1 unspecified atom stereocenters. The predicted molar refractivity (Wildman–Crippen MR) is 53.9 cm³/mol. The lowest BCUT2D eigenvalue weighted by molar-refractivity contribution is -0.140. The summed E-state index contributed by atoms with van der Waals surface area (Å²) in [5.41, 5.74) is 0. The summed E-state index contributed by atoms with van der Waals surface area (Å²) in [5.74, 6) is 0.561. The normalized spacial score (nSPS) is 12.6. The quantitative estimate of drug-likeness (QED) is 0.435. The molecular formula is C8H15IO2. The molecule has 0 aromatic rings. The average Bonchev–Trinajstić information content (AvgIpc) is 2.04. The Kier molecular flexibility index (Phi) is 7.01. The summed E-state index contributed by atoms with van der Waals surface area (Å²) in [4.78, 5) is 10.7. The Labute approximate surface area is 81.8 Å². The maximum atomic E-state index is 10.7. The summed E-state index contributed by atoms with van der Waals surface area (Å²) >= 11 is 2.01. The molecular weight excluding hydrogens is 255 g/mol. The molecule has 0 aliphatic carbocycles. The monoisotopic (exact) mass is 270 g/mol. The summed E-state index contributed by atoms with van der Waals surface area (Å²) in [7, 11) is 0. The SMILES string of the molecule is CCC(C)CCOC(=O)CI. The zero-order chi connectivity index (χ0) is 8.69. The number of hydrogen-bond donors (Lipinski definition) is 0. The van der Waals surface area contributed by atoms with Gasteiger partial charge in [0, 0.05) is 0 Å². The van der Waals surface area contributed by atoms with Gasteiger partial charge in [0.25, 0.3) is 0 Å². The van der Waals surface area contributed by atoms with Crippen molar-refractivity contribution in [3.63, 3.8) is 0 Å². The molecule has 3 heteroatoms. The van der Waals surface area contributed by atoms with Crippen LogP contribution < -0.4 is 0 Å². The van der Waals surface area contributed by atoms with Gasteiger partial charge in [-0.2, -0.15) is 0 Å². The number of carbonyl (C=O) groups is 1. The minimum atomic E-state index is -0.103. The summed E-state index contributed by atoms with van der Waals surface area (Å²) in [6.45, 7) is 4.89. The van der Waals surface area contributed by atoms with E-state index >= 15 is 0 Å². The Morgan fingerprint density at radius 2 is 2.27 bits per heavy atom. The lowest BCUT2D eigenvalue weighted by Crippen LogP contribution is -2.08. The van der Waals surface area contributed by atoms with Gasteiger partial charge in [0.1, 0.15) is 0 Å². The summed E-state index contributed by atoms with van der Waals surface area (Å²) in [6, 6.07) is 0. The molecule has 0 aromatic heterocycles. The van der Waals surface area contributed by atoms with Crippen LogP contribution in [0.25, 0.3) is 0 Å². The van der Waals surface area contributed by atoms with Crippen molar-refractivity contribution >= 4 is 28.6 Å². The molecule has 0 aliphatic rings. The van der Waals surface area contributed by atoms with Crippen LogP contribution in [0.15, 0.2) is 0 Å². The minimum absolute atomic E-state index is 0.103. The molecule has 0 amide bonds. The minimum Gasteiger partial charge on any atom is -0.465 e. The van der Waals surface area contributed by atoms with Gasteiger partial charge in [-0.05, 0) is 12.3 Å². The zero-order valence-electron chi connectivity index (χ0n) is 7.10. The zero-order valence-corrected chi connectivity index (χ0v) is 9.26. The number of esters is 1. The number of ether oxygens (including phenoxy) is 1. The van der Waals surface area contributed by atoms with E-state index in [9.17, 15) is 4.79 Å². The fourth-order valence-electron chi connectivity index (χ4n) is 0.617. The van der Waals surface area contributed by atoms with E-state index in [4.69, 9.17) is 4.74 Å². The Hall–Kier alpha value is 0.200. The van der Waals surface area contributed by atoms with Crippen molar-refractivity contribution in [2.45, 2.75) is 26.7 Å². The van der Waals surface area contributed by atoms with Crippen molar-refractivity contribution < 1.29 is 9.53 Å². The molecule has 0 saturated heterocycles. The third-order valence-electron chi connectivity index (χ3n) is 1.68. The topological polar surface area (TPSA) is 26.3 Å². The molecule has 0 N–H and O–H groups in total. The second-order valence-corrected chi connectivity index (χ2v) is 3.42. The second kappa shape index (κ2) is 6.88. The molecule has 66 valence electrons. The third-order valence-corrected chi connectivity index (χ3v) is 2.30. The van der Waals surface area contributed by atoms with Crippen LogP contribution in [0.3, 0.4) is 0 Å². The maximum absolute atomic E-state index is 10.7. The Morgan fingerprint density at radius 1 is 1.64 bits per heavy atom. The lowest BCUT2D eigenvalue weighted by Gasteiger charge is -2.07. The highest BCUT2D eigenvalue weighted by atomic mass is 127. The van der Waals surface area contributed by atoms with Crippen molar-refractivity contribution in [2.24, 2.45) is 5.92 Å². The van der Waals surface area contributed by atoms with Crippen LogP contribution in [0.1, 0.15) is 26.7 Å². The molecule has 0 spiro atoms. The Morgan fingerprint density at radius 3 is 2.73 bits per heavy atom. The second-order valence-electron chi connectivity index (χ2n) is 2.66. The number of halogens is 1. The molecule has 0 rings (SSSR count). The molecule has 2 nitrogen and oxygen atoms in total. The van der Waals surface area contributed by atoms with Gasteiger partial charge in [-0.1, -0.05) is 42.9 Å². The van der Waals surface area contributed by atoms with Gasteiger partial charge in [-0.15, -0.1) is 0 Å². The first-order chi connectivity index (χ1) is 5.20. The number of rotatable bonds is 5. The molecule has 0 fully saturated rings. The molecule has 0 saturated carbocycles. The smallest absolute Gasteiger partial charge is 0.315 e. The number of carbonyl (C=O) groups excluding carboxylic acids is 1. The number of alkyl halides is 1. The van der Waals surface area contributed by atoms with E-state index in [0.717, 1.165) is 12.8 Å². The molecule has 11 heavy (non-hydrogen) atoms.